The number of rotatable bonds is 7. The number of benzene rings is 2. The van der Waals surface area contributed by atoms with Crippen LogP contribution >= 0.6 is 0 Å². The molecule has 0 spiro atoms. The molecule has 1 fully saturated rings. The van der Waals surface area contributed by atoms with Crippen LogP contribution in [0.2, 0.25) is 0 Å². The third-order valence-electron chi connectivity index (χ3n) is 5.67. The SMILES string of the molecule is CN(C)[C@H]1CCN(Cc2ccccc2-c2ccccc2)C[C@H]1CCCO. The summed E-state index contributed by atoms with van der Waals surface area (Å²) < 4.78 is 0. The van der Waals surface area contributed by atoms with Gasteiger partial charge in [-0.3, -0.25) is 4.90 Å². The molecule has 1 aliphatic rings. The number of aliphatic hydroxyl groups excluding tert-OH is 1. The van der Waals surface area contributed by atoms with Gasteiger partial charge in [0.15, 0.2) is 0 Å². The van der Waals surface area contributed by atoms with Crippen LogP contribution in [-0.2, 0) is 6.54 Å². The van der Waals surface area contributed by atoms with Crippen LogP contribution < -0.4 is 0 Å². The van der Waals surface area contributed by atoms with E-state index in [1.807, 2.05) is 0 Å². The van der Waals surface area contributed by atoms with Gasteiger partial charge in [-0.2, -0.15) is 0 Å². The van der Waals surface area contributed by atoms with E-state index in [0.717, 1.165) is 32.5 Å². The minimum absolute atomic E-state index is 0.299. The molecular formula is C23H32N2O. The minimum Gasteiger partial charge on any atom is -0.396 e. The van der Waals surface area contributed by atoms with E-state index in [9.17, 15) is 5.11 Å². The Bertz CT molecular complexity index is 671. The molecule has 0 bridgehead atoms. The smallest absolute Gasteiger partial charge is 0.0431 e. The van der Waals surface area contributed by atoms with Gasteiger partial charge >= 0.3 is 0 Å². The lowest BCUT2D eigenvalue weighted by atomic mass is 9.87. The maximum absolute atomic E-state index is 9.26. The average molecular weight is 353 g/mol. The molecule has 1 N–H and O–H groups in total. The Labute approximate surface area is 158 Å². The lowest BCUT2D eigenvalue weighted by Crippen LogP contribution is -2.48. The number of piperidine rings is 1. The van der Waals surface area contributed by atoms with Crippen LogP contribution in [0.5, 0.6) is 0 Å². The Hall–Kier alpha value is -1.68. The van der Waals surface area contributed by atoms with Gasteiger partial charge in [0.25, 0.3) is 0 Å². The van der Waals surface area contributed by atoms with Gasteiger partial charge in [-0.25, -0.2) is 0 Å². The van der Waals surface area contributed by atoms with Gasteiger partial charge in [-0.1, -0.05) is 54.6 Å². The third kappa shape index (κ3) is 4.73. The Morgan fingerprint density at radius 1 is 1.04 bits per heavy atom. The molecule has 0 radical (unpaired) electrons. The Morgan fingerprint density at radius 2 is 1.77 bits per heavy atom. The van der Waals surface area contributed by atoms with Crippen molar-refractivity contribution in [1.29, 1.82) is 0 Å². The second kappa shape index (κ2) is 9.31. The highest BCUT2D eigenvalue weighted by Gasteiger charge is 2.30. The highest BCUT2D eigenvalue weighted by molar-refractivity contribution is 5.67. The molecule has 2 aromatic carbocycles. The van der Waals surface area contributed by atoms with E-state index < -0.39 is 0 Å². The summed E-state index contributed by atoms with van der Waals surface area (Å²) in [5.41, 5.74) is 4.04. The van der Waals surface area contributed by atoms with Crippen molar-refractivity contribution in [3.63, 3.8) is 0 Å². The second-order valence-electron chi connectivity index (χ2n) is 7.70. The molecule has 1 heterocycles. The van der Waals surface area contributed by atoms with E-state index in [2.05, 4.69) is 78.5 Å². The summed E-state index contributed by atoms with van der Waals surface area (Å²) in [4.78, 5) is 4.97. The van der Waals surface area contributed by atoms with Crippen molar-refractivity contribution in [2.75, 3.05) is 33.8 Å². The molecule has 0 aliphatic carbocycles. The third-order valence-corrected chi connectivity index (χ3v) is 5.67. The van der Waals surface area contributed by atoms with Gasteiger partial charge in [-0.05, 0) is 62.5 Å². The standard InChI is InChI=1S/C23H32N2O/c1-24(2)23-14-15-25(18-21(23)12-8-16-26)17-20-11-6-7-13-22(20)19-9-4-3-5-10-19/h3-7,9-11,13,21,23,26H,8,12,14-18H2,1-2H3/t21-,23+/m1/s1. The lowest BCUT2D eigenvalue weighted by Gasteiger charge is -2.42. The van der Waals surface area contributed by atoms with Crippen molar-refractivity contribution >= 4 is 0 Å². The molecule has 3 heteroatoms. The van der Waals surface area contributed by atoms with Gasteiger partial charge in [0.2, 0.25) is 0 Å². The van der Waals surface area contributed by atoms with E-state index in [0.29, 0.717) is 18.6 Å². The first-order valence-electron chi connectivity index (χ1n) is 9.82. The quantitative estimate of drug-likeness (QED) is 0.819. The number of hydrogen-bond acceptors (Lipinski definition) is 3. The first-order chi connectivity index (χ1) is 12.7. The van der Waals surface area contributed by atoms with Crippen LogP contribution in [-0.4, -0.2) is 54.7 Å². The number of hydrogen-bond donors (Lipinski definition) is 1. The maximum atomic E-state index is 9.26. The van der Waals surface area contributed by atoms with Crippen molar-refractivity contribution in [3.05, 3.63) is 60.2 Å². The molecule has 0 aromatic heterocycles. The van der Waals surface area contributed by atoms with E-state index in [-0.39, 0.29) is 0 Å². The fourth-order valence-corrected chi connectivity index (χ4v) is 4.35. The topological polar surface area (TPSA) is 26.7 Å². The molecule has 3 nitrogen and oxygen atoms in total. The van der Waals surface area contributed by atoms with E-state index in [4.69, 9.17) is 0 Å². The molecular weight excluding hydrogens is 320 g/mol. The fraction of sp³-hybridized carbons (Fsp3) is 0.478. The first kappa shape index (κ1) is 19.1. The number of nitrogens with zero attached hydrogens (tertiary/aromatic N) is 2. The monoisotopic (exact) mass is 352 g/mol. The molecule has 3 rings (SSSR count). The summed E-state index contributed by atoms with van der Waals surface area (Å²) >= 11 is 0. The normalized spacial score (nSPS) is 21.2. The molecule has 2 aromatic rings. The lowest BCUT2D eigenvalue weighted by molar-refractivity contribution is 0.0718. The van der Waals surface area contributed by atoms with E-state index in [1.54, 1.807) is 0 Å². The predicted octanol–water partition coefficient (Wildman–Crippen LogP) is 3.88. The van der Waals surface area contributed by atoms with Crippen LogP contribution in [0.15, 0.2) is 54.6 Å². The molecule has 0 saturated carbocycles. The Balaban J connectivity index is 1.73. The molecule has 26 heavy (non-hydrogen) atoms. The summed E-state index contributed by atoms with van der Waals surface area (Å²) in [6, 6.07) is 20.1. The predicted molar refractivity (Wildman–Crippen MR) is 109 cm³/mol. The van der Waals surface area contributed by atoms with Gasteiger partial charge in [0.05, 0.1) is 0 Å². The zero-order chi connectivity index (χ0) is 18.4. The maximum Gasteiger partial charge on any atom is 0.0431 e. The van der Waals surface area contributed by atoms with Crippen molar-refractivity contribution in [1.82, 2.24) is 9.80 Å². The molecule has 1 saturated heterocycles. The highest BCUT2D eigenvalue weighted by atomic mass is 16.2. The molecule has 2 atom stereocenters. The van der Waals surface area contributed by atoms with E-state index in [1.165, 1.54) is 23.1 Å². The first-order valence-corrected chi connectivity index (χ1v) is 9.82. The summed E-state index contributed by atoms with van der Waals surface area (Å²) in [6.07, 6.45) is 3.22. The van der Waals surface area contributed by atoms with Crippen molar-refractivity contribution in [2.24, 2.45) is 5.92 Å². The molecule has 1 aliphatic heterocycles. The molecule has 140 valence electrons. The molecule has 0 amide bonds. The summed E-state index contributed by atoms with van der Waals surface area (Å²) in [6.45, 7) is 3.56. The summed E-state index contributed by atoms with van der Waals surface area (Å²) in [7, 11) is 4.38. The highest BCUT2D eigenvalue weighted by Crippen LogP contribution is 2.29. The largest absolute Gasteiger partial charge is 0.396 e. The van der Waals surface area contributed by atoms with Crippen molar-refractivity contribution in [3.8, 4) is 11.1 Å². The zero-order valence-corrected chi connectivity index (χ0v) is 16.1. The van der Waals surface area contributed by atoms with E-state index >= 15 is 0 Å². The zero-order valence-electron chi connectivity index (χ0n) is 16.1. The Kier molecular flexibility index (Phi) is 6.84. The van der Waals surface area contributed by atoms with Gasteiger partial charge in [-0.15, -0.1) is 0 Å². The van der Waals surface area contributed by atoms with Crippen LogP contribution in [0.3, 0.4) is 0 Å². The van der Waals surface area contributed by atoms with Crippen molar-refractivity contribution < 1.29 is 5.11 Å². The van der Waals surface area contributed by atoms with Gasteiger partial charge in [0.1, 0.15) is 0 Å². The van der Waals surface area contributed by atoms with Crippen LogP contribution in [0.4, 0.5) is 0 Å². The van der Waals surface area contributed by atoms with Crippen LogP contribution in [0, 0.1) is 5.92 Å². The molecule has 0 unspecified atom stereocenters. The average Bonchev–Trinajstić information content (AvgIpc) is 2.67. The van der Waals surface area contributed by atoms with Gasteiger partial charge < -0.3 is 10.0 Å². The Morgan fingerprint density at radius 3 is 2.50 bits per heavy atom. The number of likely N-dealkylation sites (tertiary alicyclic amines) is 1. The number of aliphatic hydroxyl groups is 1. The summed E-state index contributed by atoms with van der Waals surface area (Å²) in [5.74, 6) is 0.634. The van der Waals surface area contributed by atoms with Gasteiger partial charge in [0, 0.05) is 25.7 Å². The second-order valence-corrected chi connectivity index (χ2v) is 7.70. The van der Waals surface area contributed by atoms with Crippen LogP contribution in [0.25, 0.3) is 11.1 Å². The van der Waals surface area contributed by atoms with Crippen LogP contribution in [0.1, 0.15) is 24.8 Å². The fourth-order valence-electron chi connectivity index (χ4n) is 4.35. The van der Waals surface area contributed by atoms with Crippen molar-refractivity contribution in [2.45, 2.75) is 31.8 Å². The minimum atomic E-state index is 0.299. The summed E-state index contributed by atoms with van der Waals surface area (Å²) in [5, 5.41) is 9.26.